The third-order valence-corrected chi connectivity index (χ3v) is 2.23. The van der Waals surface area contributed by atoms with E-state index in [4.69, 9.17) is 15.6 Å². The van der Waals surface area contributed by atoms with Crippen molar-refractivity contribution in [2.75, 3.05) is 5.73 Å². The third-order valence-electron chi connectivity index (χ3n) is 2.23. The maximum absolute atomic E-state index is 13.1. The number of benzene rings is 1. The fourth-order valence-electron chi connectivity index (χ4n) is 1.34. The number of anilines is 1. The maximum atomic E-state index is 13.1. The summed E-state index contributed by atoms with van der Waals surface area (Å²) in [6.45, 7) is 0. The molecule has 0 aliphatic heterocycles. The van der Waals surface area contributed by atoms with Crippen molar-refractivity contribution in [3.8, 4) is 11.6 Å². The molecule has 0 aliphatic carbocycles. The van der Waals surface area contributed by atoms with E-state index in [9.17, 15) is 14.0 Å². The van der Waals surface area contributed by atoms with Gasteiger partial charge in [-0.3, -0.25) is 4.79 Å². The van der Waals surface area contributed by atoms with E-state index in [1.165, 1.54) is 0 Å². The molecule has 0 saturated carbocycles. The van der Waals surface area contributed by atoms with Crippen molar-refractivity contribution in [1.29, 1.82) is 0 Å². The first-order chi connectivity index (χ1) is 8.99. The summed E-state index contributed by atoms with van der Waals surface area (Å²) in [5.74, 6) is -2.59. The quantitative estimate of drug-likeness (QED) is 0.761. The fraction of sp³-hybridized carbons (Fsp3) is 0. The lowest BCUT2D eigenvalue weighted by atomic mass is 10.2. The van der Waals surface area contributed by atoms with Gasteiger partial charge in [0.05, 0.1) is 6.33 Å². The molecule has 98 valence electrons. The summed E-state index contributed by atoms with van der Waals surface area (Å²) in [6, 6.07) is 2.88. The van der Waals surface area contributed by atoms with Gasteiger partial charge in [-0.25, -0.2) is 14.2 Å². The van der Waals surface area contributed by atoms with E-state index in [0.29, 0.717) is 0 Å². The summed E-state index contributed by atoms with van der Waals surface area (Å²) in [5, 5.41) is 8.94. The summed E-state index contributed by atoms with van der Waals surface area (Å²) < 4.78 is 18.2. The third kappa shape index (κ3) is 2.51. The number of carboxylic acid groups (broad SMARTS) is 1. The van der Waals surface area contributed by atoms with Gasteiger partial charge < -0.3 is 20.6 Å². The van der Waals surface area contributed by atoms with Crippen LogP contribution >= 0.6 is 0 Å². The van der Waals surface area contributed by atoms with Crippen LogP contribution < -0.4 is 16.0 Å². The Morgan fingerprint density at radius 3 is 2.89 bits per heavy atom. The number of aromatic amines is 1. The van der Waals surface area contributed by atoms with Crippen LogP contribution in [0.4, 0.5) is 10.1 Å². The highest BCUT2D eigenvalue weighted by atomic mass is 19.1. The van der Waals surface area contributed by atoms with Crippen molar-refractivity contribution in [3.63, 3.8) is 0 Å². The molecule has 0 aliphatic rings. The van der Waals surface area contributed by atoms with Crippen LogP contribution in [-0.2, 0) is 0 Å². The Kier molecular flexibility index (Phi) is 3.15. The van der Waals surface area contributed by atoms with Crippen LogP contribution in [0.5, 0.6) is 11.6 Å². The first-order valence-electron chi connectivity index (χ1n) is 5.03. The van der Waals surface area contributed by atoms with Gasteiger partial charge in [-0.15, -0.1) is 0 Å². The second-order valence-corrected chi connectivity index (χ2v) is 3.50. The number of halogens is 1. The van der Waals surface area contributed by atoms with Gasteiger partial charge in [-0.2, -0.15) is 0 Å². The summed E-state index contributed by atoms with van der Waals surface area (Å²) in [6.07, 6.45) is 1.04. The highest BCUT2D eigenvalue weighted by molar-refractivity contribution is 5.91. The number of nitrogens with two attached hydrogens (primary N) is 1. The molecule has 0 atom stereocenters. The summed E-state index contributed by atoms with van der Waals surface area (Å²) in [5.41, 5.74) is 4.18. The van der Waals surface area contributed by atoms with Crippen LogP contribution in [0.2, 0.25) is 0 Å². The minimum Gasteiger partial charge on any atom is -0.478 e. The van der Waals surface area contributed by atoms with E-state index in [-0.39, 0.29) is 22.9 Å². The van der Waals surface area contributed by atoms with Crippen molar-refractivity contribution in [1.82, 2.24) is 9.97 Å². The summed E-state index contributed by atoms with van der Waals surface area (Å²) >= 11 is 0. The number of nitrogens with one attached hydrogen (secondary N) is 1. The molecule has 0 bridgehead atoms. The number of aromatic carboxylic acids is 1. The Morgan fingerprint density at radius 2 is 2.21 bits per heavy atom. The molecule has 1 aromatic heterocycles. The Morgan fingerprint density at radius 1 is 1.47 bits per heavy atom. The molecule has 19 heavy (non-hydrogen) atoms. The predicted molar refractivity (Wildman–Crippen MR) is 62.7 cm³/mol. The lowest BCUT2D eigenvalue weighted by Gasteiger charge is -2.08. The number of hydrogen-bond donors (Lipinski definition) is 3. The Bertz CT molecular complexity index is 699. The molecule has 1 aromatic carbocycles. The molecule has 0 spiro atoms. The number of H-pyrrole nitrogens is 1. The second-order valence-electron chi connectivity index (χ2n) is 3.50. The largest absolute Gasteiger partial charge is 0.478 e. The first kappa shape index (κ1) is 12.6. The van der Waals surface area contributed by atoms with Gasteiger partial charge in [0.15, 0.2) is 5.69 Å². The van der Waals surface area contributed by atoms with Crippen LogP contribution in [0.1, 0.15) is 10.4 Å². The van der Waals surface area contributed by atoms with Gasteiger partial charge in [0.1, 0.15) is 17.1 Å². The standard InChI is InChI=1S/C11H8FN3O4/c12-5-1-2-6(11(17)18)7(3-5)19-10-8(13)9(16)14-4-15-10/h1-4H,13H2,(H,17,18)(H,14,15,16). The Labute approximate surface area is 105 Å². The topological polar surface area (TPSA) is 118 Å². The van der Waals surface area contributed by atoms with Gasteiger partial charge in [0.25, 0.3) is 5.56 Å². The lowest BCUT2D eigenvalue weighted by molar-refractivity contribution is 0.0694. The lowest BCUT2D eigenvalue weighted by Crippen LogP contribution is -2.13. The zero-order chi connectivity index (χ0) is 14.0. The summed E-state index contributed by atoms with van der Waals surface area (Å²) in [4.78, 5) is 28.0. The number of ether oxygens (including phenoxy) is 1. The number of nitrogens with zero attached hydrogens (tertiary/aromatic N) is 1. The number of carboxylic acids is 1. The van der Waals surface area contributed by atoms with Crippen molar-refractivity contribution in [3.05, 3.63) is 46.3 Å². The maximum Gasteiger partial charge on any atom is 0.339 e. The number of aromatic nitrogens is 2. The smallest absolute Gasteiger partial charge is 0.339 e. The van der Waals surface area contributed by atoms with Gasteiger partial charge in [-0.1, -0.05) is 0 Å². The molecule has 1 heterocycles. The minimum absolute atomic E-state index is 0.275. The van der Waals surface area contributed by atoms with E-state index in [0.717, 1.165) is 24.5 Å². The minimum atomic E-state index is -1.31. The SMILES string of the molecule is Nc1c(Oc2cc(F)ccc2C(=O)O)nc[nH]c1=O. The second kappa shape index (κ2) is 4.77. The van der Waals surface area contributed by atoms with E-state index in [1.54, 1.807) is 0 Å². The molecule has 0 radical (unpaired) electrons. The van der Waals surface area contributed by atoms with E-state index >= 15 is 0 Å². The molecule has 8 heteroatoms. The van der Waals surface area contributed by atoms with Crippen LogP contribution in [0.3, 0.4) is 0 Å². The van der Waals surface area contributed by atoms with Crippen LogP contribution in [0, 0.1) is 5.82 Å². The molecule has 2 rings (SSSR count). The Balaban J connectivity index is 2.48. The highest BCUT2D eigenvalue weighted by Crippen LogP contribution is 2.26. The zero-order valence-corrected chi connectivity index (χ0v) is 9.38. The number of rotatable bonds is 3. The number of nitrogen functional groups attached to an aromatic ring is 1. The zero-order valence-electron chi connectivity index (χ0n) is 9.38. The molecule has 0 amide bonds. The molecule has 0 saturated heterocycles. The normalized spacial score (nSPS) is 10.2. The van der Waals surface area contributed by atoms with Crippen molar-refractivity contribution in [2.24, 2.45) is 0 Å². The summed E-state index contributed by atoms with van der Waals surface area (Å²) in [7, 11) is 0. The Hall–Kier alpha value is -2.90. The fourth-order valence-corrected chi connectivity index (χ4v) is 1.34. The van der Waals surface area contributed by atoms with Gasteiger partial charge in [0.2, 0.25) is 5.88 Å². The molecular weight excluding hydrogens is 257 g/mol. The average molecular weight is 265 g/mol. The molecule has 0 unspecified atom stereocenters. The van der Waals surface area contributed by atoms with E-state index in [2.05, 4.69) is 9.97 Å². The number of hydrogen-bond acceptors (Lipinski definition) is 5. The monoisotopic (exact) mass is 265 g/mol. The van der Waals surface area contributed by atoms with E-state index in [1.807, 2.05) is 0 Å². The first-order valence-corrected chi connectivity index (χ1v) is 5.03. The number of carbonyl (C=O) groups is 1. The molecular formula is C11H8FN3O4. The van der Waals surface area contributed by atoms with Crippen molar-refractivity contribution < 1.29 is 19.0 Å². The van der Waals surface area contributed by atoms with Gasteiger partial charge in [-0.05, 0) is 12.1 Å². The van der Waals surface area contributed by atoms with E-state index < -0.39 is 17.3 Å². The molecule has 4 N–H and O–H groups in total. The van der Waals surface area contributed by atoms with Crippen molar-refractivity contribution >= 4 is 11.7 Å². The predicted octanol–water partition coefficient (Wildman–Crippen LogP) is 0.982. The molecule has 2 aromatic rings. The molecule has 7 nitrogen and oxygen atoms in total. The van der Waals surface area contributed by atoms with Crippen LogP contribution in [-0.4, -0.2) is 21.0 Å². The average Bonchev–Trinajstić information content (AvgIpc) is 2.35. The molecule has 0 fully saturated rings. The highest BCUT2D eigenvalue weighted by Gasteiger charge is 2.15. The van der Waals surface area contributed by atoms with Crippen molar-refractivity contribution in [2.45, 2.75) is 0 Å². The van der Waals surface area contributed by atoms with Gasteiger partial charge >= 0.3 is 5.97 Å². The van der Waals surface area contributed by atoms with Gasteiger partial charge in [0, 0.05) is 6.07 Å². The van der Waals surface area contributed by atoms with Crippen LogP contribution in [0.25, 0.3) is 0 Å². The van der Waals surface area contributed by atoms with Crippen LogP contribution in [0.15, 0.2) is 29.3 Å².